The zero-order valence-corrected chi connectivity index (χ0v) is 17.9. The number of carbonyl (C=O) groups is 1. The zero-order valence-electron chi connectivity index (χ0n) is 17.9. The minimum atomic E-state index is -1.48. The molecule has 0 fully saturated rings. The normalized spacial score (nSPS) is 13.6. The lowest BCUT2D eigenvalue weighted by Crippen LogP contribution is -2.46. The first kappa shape index (κ1) is 21.8. The molecule has 3 heterocycles. The number of aromatic nitrogens is 4. The number of anilines is 2. The second-order valence-corrected chi connectivity index (χ2v) is 7.57. The molecular weight excluding hydrogens is 421 g/mol. The van der Waals surface area contributed by atoms with E-state index in [1.165, 1.54) is 0 Å². The third kappa shape index (κ3) is 4.30. The van der Waals surface area contributed by atoms with Gasteiger partial charge in [-0.2, -0.15) is 5.10 Å². The SMILES string of the molecule is CCN1CC(=O)N(CC)c2cnc(CCc3cnn(Cc4cc(F)c(F)c(F)c4)c3)nc21. The molecule has 0 spiro atoms. The largest absolute Gasteiger partial charge is 0.346 e. The molecule has 0 saturated heterocycles. The van der Waals surface area contributed by atoms with Gasteiger partial charge in [-0.25, -0.2) is 23.1 Å². The number of benzene rings is 1. The number of rotatable bonds is 7. The molecule has 168 valence electrons. The summed E-state index contributed by atoms with van der Waals surface area (Å²) in [4.78, 5) is 25.1. The third-order valence-corrected chi connectivity index (χ3v) is 5.43. The number of carbonyl (C=O) groups excluding carboxylic acids is 1. The zero-order chi connectivity index (χ0) is 22.8. The predicted octanol–water partition coefficient (Wildman–Crippen LogP) is 3.12. The smallest absolute Gasteiger partial charge is 0.246 e. The molecule has 0 N–H and O–H groups in total. The fraction of sp³-hybridized carbons (Fsp3) is 0.364. The van der Waals surface area contributed by atoms with Gasteiger partial charge in [0, 0.05) is 25.7 Å². The van der Waals surface area contributed by atoms with Gasteiger partial charge in [0.1, 0.15) is 11.5 Å². The first-order valence-electron chi connectivity index (χ1n) is 10.5. The number of fused-ring (bicyclic) bond motifs is 1. The van der Waals surface area contributed by atoms with E-state index in [0.717, 1.165) is 29.2 Å². The highest BCUT2D eigenvalue weighted by Crippen LogP contribution is 2.30. The van der Waals surface area contributed by atoms with Crippen molar-refractivity contribution in [2.24, 2.45) is 0 Å². The number of halogens is 3. The van der Waals surface area contributed by atoms with E-state index in [9.17, 15) is 18.0 Å². The average molecular weight is 444 g/mol. The maximum absolute atomic E-state index is 13.4. The Morgan fingerprint density at radius 1 is 1.00 bits per heavy atom. The minimum Gasteiger partial charge on any atom is -0.346 e. The van der Waals surface area contributed by atoms with E-state index in [1.807, 2.05) is 18.7 Å². The summed E-state index contributed by atoms with van der Waals surface area (Å²) in [5.41, 5.74) is 1.91. The van der Waals surface area contributed by atoms with Gasteiger partial charge in [-0.3, -0.25) is 9.48 Å². The highest BCUT2D eigenvalue weighted by molar-refractivity contribution is 6.02. The maximum atomic E-state index is 13.4. The van der Waals surface area contributed by atoms with Gasteiger partial charge in [0.15, 0.2) is 23.3 Å². The monoisotopic (exact) mass is 444 g/mol. The predicted molar refractivity (Wildman–Crippen MR) is 113 cm³/mol. The molecular formula is C22H23F3N6O. The lowest BCUT2D eigenvalue weighted by molar-refractivity contribution is -0.117. The quantitative estimate of drug-likeness (QED) is 0.524. The summed E-state index contributed by atoms with van der Waals surface area (Å²) in [7, 11) is 0. The van der Waals surface area contributed by atoms with Gasteiger partial charge < -0.3 is 9.80 Å². The fourth-order valence-corrected chi connectivity index (χ4v) is 3.78. The highest BCUT2D eigenvalue weighted by Gasteiger charge is 2.29. The summed E-state index contributed by atoms with van der Waals surface area (Å²) in [6.07, 6.45) is 6.32. The third-order valence-electron chi connectivity index (χ3n) is 5.43. The molecule has 2 aromatic heterocycles. The number of nitrogens with zero attached hydrogens (tertiary/aromatic N) is 6. The van der Waals surface area contributed by atoms with Crippen LogP contribution in [0.2, 0.25) is 0 Å². The highest BCUT2D eigenvalue weighted by atomic mass is 19.2. The van der Waals surface area contributed by atoms with Gasteiger partial charge in [-0.1, -0.05) is 0 Å². The summed E-state index contributed by atoms with van der Waals surface area (Å²) in [5, 5.41) is 4.22. The Bertz CT molecular complexity index is 1130. The second kappa shape index (κ2) is 8.97. The van der Waals surface area contributed by atoms with Crippen LogP contribution in [0.1, 0.15) is 30.8 Å². The average Bonchev–Trinajstić information content (AvgIpc) is 3.22. The van der Waals surface area contributed by atoms with Gasteiger partial charge in [-0.15, -0.1) is 0 Å². The summed E-state index contributed by atoms with van der Waals surface area (Å²) in [6.45, 7) is 5.55. The molecule has 0 unspecified atom stereocenters. The topological polar surface area (TPSA) is 67.2 Å². The Morgan fingerprint density at radius 3 is 2.44 bits per heavy atom. The van der Waals surface area contributed by atoms with Crippen molar-refractivity contribution >= 4 is 17.4 Å². The van der Waals surface area contributed by atoms with Crippen LogP contribution in [0, 0.1) is 17.5 Å². The molecule has 3 aromatic rings. The molecule has 0 atom stereocenters. The lowest BCUT2D eigenvalue weighted by Gasteiger charge is -2.35. The molecule has 32 heavy (non-hydrogen) atoms. The Kier molecular flexibility index (Phi) is 6.11. The van der Waals surface area contributed by atoms with Crippen molar-refractivity contribution < 1.29 is 18.0 Å². The lowest BCUT2D eigenvalue weighted by atomic mass is 10.2. The van der Waals surface area contributed by atoms with E-state index < -0.39 is 17.5 Å². The van der Waals surface area contributed by atoms with E-state index in [0.29, 0.717) is 38.3 Å². The Morgan fingerprint density at radius 2 is 1.75 bits per heavy atom. The van der Waals surface area contributed by atoms with E-state index in [-0.39, 0.29) is 18.0 Å². The van der Waals surface area contributed by atoms with E-state index >= 15 is 0 Å². The van der Waals surface area contributed by atoms with Crippen LogP contribution in [0.3, 0.4) is 0 Å². The molecule has 0 aliphatic carbocycles. The van der Waals surface area contributed by atoms with Crippen LogP contribution in [0.15, 0.2) is 30.7 Å². The van der Waals surface area contributed by atoms with E-state index in [1.54, 1.807) is 28.2 Å². The summed E-state index contributed by atoms with van der Waals surface area (Å²) < 4.78 is 41.5. The van der Waals surface area contributed by atoms with Crippen LogP contribution in [0.5, 0.6) is 0 Å². The first-order valence-corrected chi connectivity index (χ1v) is 10.5. The number of likely N-dealkylation sites (N-methyl/N-ethyl adjacent to an activating group) is 2. The van der Waals surface area contributed by atoms with Crippen LogP contribution < -0.4 is 9.80 Å². The van der Waals surface area contributed by atoms with Gasteiger partial charge in [0.05, 0.1) is 25.5 Å². The van der Waals surface area contributed by atoms with Crippen molar-refractivity contribution in [3.63, 3.8) is 0 Å². The van der Waals surface area contributed by atoms with Crippen molar-refractivity contribution in [1.29, 1.82) is 0 Å². The number of hydrogen-bond donors (Lipinski definition) is 0. The minimum absolute atomic E-state index is 0.0338. The molecule has 4 rings (SSSR count). The van der Waals surface area contributed by atoms with Crippen molar-refractivity contribution in [3.8, 4) is 0 Å². The summed E-state index contributed by atoms with van der Waals surface area (Å²) in [6, 6.07) is 1.93. The van der Waals surface area contributed by atoms with Crippen molar-refractivity contribution in [2.45, 2.75) is 33.2 Å². The van der Waals surface area contributed by atoms with Crippen LogP contribution in [-0.2, 0) is 24.2 Å². The molecule has 0 saturated carbocycles. The number of amides is 1. The van der Waals surface area contributed by atoms with Crippen LogP contribution in [0.25, 0.3) is 0 Å². The van der Waals surface area contributed by atoms with Crippen molar-refractivity contribution in [1.82, 2.24) is 19.7 Å². The van der Waals surface area contributed by atoms with E-state index in [4.69, 9.17) is 4.98 Å². The summed E-state index contributed by atoms with van der Waals surface area (Å²) in [5.74, 6) is -2.47. The number of aryl methyl sites for hydroxylation is 2. The molecule has 1 aliphatic heterocycles. The maximum Gasteiger partial charge on any atom is 0.246 e. The molecule has 1 aromatic carbocycles. The molecule has 0 bridgehead atoms. The van der Waals surface area contributed by atoms with Crippen molar-refractivity contribution in [2.75, 3.05) is 29.4 Å². The van der Waals surface area contributed by atoms with Gasteiger partial charge >= 0.3 is 0 Å². The molecule has 1 amide bonds. The van der Waals surface area contributed by atoms with Gasteiger partial charge in [0.25, 0.3) is 0 Å². The van der Waals surface area contributed by atoms with Crippen LogP contribution in [-0.4, -0.2) is 45.3 Å². The van der Waals surface area contributed by atoms with Crippen LogP contribution in [0.4, 0.5) is 24.7 Å². The second-order valence-electron chi connectivity index (χ2n) is 7.57. The molecule has 7 nitrogen and oxygen atoms in total. The van der Waals surface area contributed by atoms with Gasteiger partial charge in [-0.05, 0) is 43.5 Å². The Labute approximate surface area is 183 Å². The van der Waals surface area contributed by atoms with Crippen LogP contribution >= 0.6 is 0 Å². The molecule has 0 radical (unpaired) electrons. The van der Waals surface area contributed by atoms with E-state index in [2.05, 4.69) is 10.1 Å². The Balaban J connectivity index is 1.45. The molecule has 1 aliphatic rings. The fourth-order valence-electron chi connectivity index (χ4n) is 3.78. The first-order chi connectivity index (χ1) is 15.4. The van der Waals surface area contributed by atoms with Gasteiger partial charge in [0.2, 0.25) is 5.91 Å². The van der Waals surface area contributed by atoms with Crippen molar-refractivity contribution in [3.05, 3.63) is 65.1 Å². The Hall–Kier alpha value is -3.43. The summed E-state index contributed by atoms with van der Waals surface area (Å²) >= 11 is 0. The molecule has 10 heteroatoms. The standard InChI is InChI=1S/C22H23F3N6O/c1-3-29-13-20(32)31(4-2)18-10-26-19(28-22(18)29)6-5-14-9-27-30(11-14)12-15-7-16(23)21(25)17(24)8-15/h7-11H,3-6,12-13H2,1-2H3. The number of hydrogen-bond acceptors (Lipinski definition) is 5.